The number of carbonyl (C=O) groups excluding carboxylic acids is 3. The quantitative estimate of drug-likeness (QED) is 0.337. The fourth-order valence-electron chi connectivity index (χ4n) is 12.5. The first-order valence-corrected chi connectivity index (χ1v) is 16.6. The van der Waals surface area contributed by atoms with E-state index in [9.17, 15) is 14.4 Å². The molecule has 8 bridgehead atoms. The van der Waals surface area contributed by atoms with E-state index in [0.717, 1.165) is 64.5 Å². The standard InChI is InChI=1S/C35H48FN3O3/c1-5-39(6-2)30(41)28-24-9-21-10-25(28)17-34(14-21,16-24)29(40)23-7-8-27(26(36)11-23)37-31(42)38-35-15-22-12-32(3,19-35)18-33(4,13-22)20-35/h7-8,11,21-22,24-25,28H,5-6,9-10,12-20H2,1-4H3,(H2,37,38,42)/t21?,22?,24?,25?,28?,32-,33+,34?,35?. The first kappa shape index (κ1) is 28.3. The van der Waals surface area contributed by atoms with Gasteiger partial charge in [-0.25, -0.2) is 9.18 Å². The van der Waals surface area contributed by atoms with Gasteiger partial charge in [0.1, 0.15) is 5.82 Å². The van der Waals surface area contributed by atoms with Gasteiger partial charge in [-0.1, -0.05) is 13.8 Å². The third-order valence-electron chi connectivity index (χ3n) is 12.6. The predicted octanol–water partition coefficient (Wildman–Crippen LogP) is 7.19. The van der Waals surface area contributed by atoms with Crippen molar-refractivity contribution in [1.29, 1.82) is 0 Å². The summed E-state index contributed by atoms with van der Waals surface area (Å²) in [5, 5.41) is 6.07. The highest BCUT2D eigenvalue weighted by Gasteiger charge is 2.61. The Labute approximate surface area is 249 Å². The molecule has 0 saturated heterocycles. The number of benzene rings is 1. The molecule has 228 valence electrons. The van der Waals surface area contributed by atoms with Gasteiger partial charge < -0.3 is 15.5 Å². The Balaban J connectivity index is 1.04. The van der Waals surface area contributed by atoms with Crippen molar-refractivity contribution >= 4 is 23.4 Å². The van der Waals surface area contributed by atoms with Crippen LogP contribution >= 0.6 is 0 Å². The van der Waals surface area contributed by atoms with E-state index in [4.69, 9.17) is 0 Å². The maximum atomic E-state index is 15.5. The lowest BCUT2D eigenvalue weighted by molar-refractivity contribution is -0.152. The lowest BCUT2D eigenvalue weighted by atomic mass is 9.43. The summed E-state index contributed by atoms with van der Waals surface area (Å²) in [6.45, 7) is 10.2. The molecule has 6 nitrogen and oxygen atoms in total. The van der Waals surface area contributed by atoms with E-state index in [1.807, 2.05) is 18.7 Å². The number of carbonyl (C=O) groups is 3. The Morgan fingerprint density at radius 1 is 0.881 bits per heavy atom. The van der Waals surface area contributed by atoms with Crippen LogP contribution in [0.25, 0.3) is 0 Å². The highest BCUT2D eigenvalue weighted by molar-refractivity contribution is 6.01. The van der Waals surface area contributed by atoms with Crippen molar-refractivity contribution in [2.75, 3.05) is 18.4 Å². The molecule has 6 atom stereocenters. The summed E-state index contributed by atoms with van der Waals surface area (Å²) in [6.07, 6.45) is 11.0. The molecule has 8 aliphatic carbocycles. The van der Waals surface area contributed by atoms with Gasteiger partial charge in [-0.2, -0.15) is 0 Å². The molecule has 7 heteroatoms. The molecular weight excluding hydrogens is 529 g/mol. The monoisotopic (exact) mass is 577 g/mol. The number of hydrogen-bond acceptors (Lipinski definition) is 3. The van der Waals surface area contributed by atoms with Crippen LogP contribution < -0.4 is 10.6 Å². The molecule has 8 saturated carbocycles. The summed E-state index contributed by atoms with van der Waals surface area (Å²) < 4.78 is 15.5. The zero-order chi connectivity index (χ0) is 29.7. The molecule has 3 amide bonds. The zero-order valence-corrected chi connectivity index (χ0v) is 25.9. The van der Waals surface area contributed by atoms with Crippen LogP contribution in [0.3, 0.4) is 0 Å². The highest BCUT2D eigenvalue weighted by atomic mass is 19.1. The average molecular weight is 578 g/mol. The SMILES string of the molecule is CCN(CC)C(=O)C1C2CC3CC1CC(C(=O)c1ccc(NC(=O)NC45CC6C[C@@](C)(C4)C[C@](C)(C6)C5)c(F)c1)(C3)C2. The number of amides is 3. The van der Waals surface area contributed by atoms with Crippen molar-refractivity contribution in [2.24, 2.45) is 45.8 Å². The second-order valence-electron chi connectivity index (χ2n) is 16.3. The number of nitrogens with one attached hydrogen (secondary N) is 2. The van der Waals surface area contributed by atoms with Crippen molar-refractivity contribution in [1.82, 2.24) is 10.2 Å². The lowest BCUT2D eigenvalue weighted by Crippen LogP contribution is -2.65. The first-order chi connectivity index (χ1) is 19.9. The lowest BCUT2D eigenvalue weighted by Gasteiger charge is -2.65. The van der Waals surface area contributed by atoms with Gasteiger partial charge >= 0.3 is 6.03 Å². The number of anilines is 1. The van der Waals surface area contributed by atoms with Gasteiger partial charge in [0, 0.05) is 35.5 Å². The number of ketones is 1. The highest BCUT2D eigenvalue weighted by Crippen LogP contribution is 2.66. The number of halogens is 1. The summed E-state index contributed by atoms with van der Waals surface area (Å²) in [5.74, 6) is 1.30. The summed E-state index contributed by atoms with van der Waals surface area (Å²) in [4.78, 5) is 42.6. The van der Waals surface area contributed by atoms with Gasteiger partial charge in [-0.05, 0) is 137 Å². The molecule has 8 fully saturated rings. The van der Waals surface area contributed by atoms with Crippen molar-refractivity contribution in [2.45, 2.75) is 104 Å². The molecule has 0 aromatic heterocycles. The predicted molar refractivity (Wildman–Crippen MR) is 160 cm³/mol. The van der Waals surface area contributed by atoms with Crippen LogP contribution in [0.1, 0.15) is 109 Å². The smallest absolute Gasteiger partial charge is 0.319 e. The van der Waals surface area contributed by atoms with Crippen LogP contribution in [0, 0.1) is 51.7 Å². The maximum Gasteiger partial charge on any atom is 0.319 e. The van der Waals surface area contributed by atoms with E-state index in [0.29, 0.717) is 17.4 Å². The maximum absolute atomic E-state index is 15.5. The van der Waals surface area contributed by atoms with Crippen LogP contribution in [0.5, 0.6) is 0 Å². The van der Waals surface area contributed by atoms with E-state index in [1.54, 1.807) is 12.1 Å². The molecule has 0 radical (unpaired) electrons. The molecule has 9 rings (SSSR count). The fourth-order valence-corrected chi connectivity index (χ4v) is 12.5. The zero-order valence-electron chi connectivity index (χ0n) is 25.9. The van der Waals surface area contributed by atoms with E-state index >= 15 is 4.39 Å². The van der Waals surface area contributed by atoms with E-state index in [1.165, 1.54) is 25.3 Å². The van der Waals surface area contributed by atoms with E-state index in [2.05, 4.69) is 24.5 Å². The second-order valence-corrected chi connectivity index (χ2v) is 16.3. The first-order valence-electron chi connectivity index (χ1n) is 16.6. The summed E-state index contributed by atoms with van der Waals surface area (Å²) in [5.41, 5.74) is 0.313. The van der Waals surface area contributed by atoms with Gasteiger partial charge in [-0.15, -0.1) is 0 Å². The largest absolute Gasteiger partial charge is 0.343 e. The minimum atomic E-state index is -0.570. The topological polar surface area (TPSA) is 78.5 Å². The Bertz CT molecular complexity index is 1290. The van der Waals surface area contributed by atoms with Crippen molar-refractivity contribution in [3.63, 3.8) is 0 Å². The summed E-state index contributed by atoms with van der Waals surface area (Å²) in [7, 11) is 0. The third kappa shape index (κ3) is 4.51. The Morgan fingerprint density at radius 3 is 2.10 bits per heavy atom. The Morgan fingerprint density at radius 2 is 1.52 bits per heavy atom. The van der Waals surface area contributed by atoms with E-state index < -0.39 is 11.2 Å². The van der Waals surface area contributed by atoms with Gasteiger partial charge in [0.2, 0.25) is 5.91 Å². The molecule has 0 aliphatic heterocycles. The minimum Gasteiger partial charge on any atom is -0.343 e. The minimum absolute atomic E-state index is 0.0144. The molecule has 1 aromatic carbocycles. The van der Waals surface area contributed by atoms with Gasteiger partial charge in [0.15, 0.2) is 5.78 Å². The van der Waals surface area contributed by atoms with Crippen molar-refractivity contribution in [3.05, 3.63) is 29.6 Å². The van der Waals surface area contributed by atoms with Crippen LogP contribution in [-0.2, 0) is 4.79 Å². The van der Waals surface area contributed by atoms with Crippen molar-refractivity contribution in [3.8, 4) is 0 Å². The number of rotatable bonds is 7. The molecule has 8 aliphatic rings. The van der Waals surface area contributed by atoms with Gasteiger partial charge in [-0.3, -0.25) is 9.59 Å². The number of Topliss-reactive ketones (excluding diaryl/α,β-unsaturated/α-hetero) is 1. The number of nitrogens with zero attached hydrogens (tertiary/aromatic N) is 1. The van der Waals surface area contributed by atoms with Gasteiger partial charge in [0.05, 0.1) is 5.69 Å². The van der Waals surface area contributed by atoms with E-state index in [-0.39, 0.29) is 57.5 Å². The molecular formula is C35H48FN3O3. The third-order valence-corrected chi connectivity index (χ3v) is 12.6. The number of hydrogen-bond donors (Lipinski definition) is 2. The average Bonchev–Trinajstić information content (AvgIpc) is 2.87. The fraction of sp³-hybridized carbons (Fsp3) is 0.743. The molecule has 42 heavy (non-hydrogen) atoms. The Hall–Kier alpha value is -2.44. The molecule has 4 unspecified atom stereocenters. The molecule has 1 aromatic rings. The normalized spacial score (nSPS) is 42.5. The van der Waals surface area contributed by atoms with Crippen molar-refractivity contribution < 1.29 is 18.8 Å². The molecule has 0 spiro atoms. The number of urea groups is 1. The van der Waals surface area contributed by atoms with Crippen LogP contribution in [0.4, 0.5) is 14.9 Å². The summed E-state index contributed by atoms with van der Waals surface area (Å²) in [6, 6.07) is 4.21. The summed E-state index contributed by atoms with van der Waals surface area (Å²) >= 11 is 0. The molecule has 2 N–H and O–H groups in total. The molecule has 0 heterocycles. The van der Waals surface area contributed by atoms with Crippen LogP contribution in [0.2, 0.25) is 0 Å². The Kier molecular flexibility index (Phi) is 6.43. The van der Waals surface area contributed by atoms with Gasteiger partial charge in [0.25, 0.3) is 0 Å². The van der Waals surface area contributed by atoms with Crippen LogP contribution in [0.15, 0.2) is 18.2 Å². The second kappa shape index (κ2) is 9.53. The van der Waals surface area contributed by atoms with Crippen LogP contribution in [-0.4, -0.2) is 41.2 Å².